The van der Waals surface area contributed by atoms with Gasteiger partial charge in [-0.25, -0.2) is 8.42 Å². The molecule has 1 heterocycles. The summed E-state index contributed by atoms with van der Waals surface area (Å²) >= 11 is 0. The lowest BCUT2D eigenvalue weighted by molar-refractivity contribution is -0.134. The Morgan fingerprint density at radius 2 is 1.93 bits per heavy atom. The average Bonchev–Trinajstić information content (AvgIpc) is 2.31. The first-order valence-electron chi connectivity index (χ1n) is 5.49. The van der Waals surface area contributed by atoms with Crippen molar-refractivity contribution in [3.63, 3.8) is 0 Å². The van der Waals surface area contributed by atoms with Crippen LogP contribution < -0.4 is 0 Å². The van der Waals surface area contributed by atoms with E-state index in [0.717, 1.165) is 19.3 Å². The Balaban J connectivity index is 2.35. The van der Waals surface area contributed by atoms with Gasteiger partial charge in [0.05, 0.1) is 16.9 Å². The van der Waals surface area contributed by atoms with E-state index in [1.54, 1.807) is 11.9 Å². The third-order valence-electron chi connectivity index (χ3n) is 3.57. The normalized spacial score (nSPS) is 35.8. The molecule has 2 aliphatic rings. The van der Waals surface area contributed by atoms with E-state index in [2.05, 4.69) is 0 Å². The van der Waals surface area contributed by atoms with Gasteiger partial charge < -0.3 is 4.90 Å². The number of nitrogens with zero attached hydrogens (tertiary/aromatic N) is 1. The Morgan fingerprint density at radius 1 is 1.27 bits per heavy atom. The lowest BCUT2D eigenvalue weighted by Gasteiger charge is -2.28. The zero-order chi connectivity index (χ0) is 11.1. The maximum atomic E-state index is 11.9. The molecule has 0 aromatic rings. The fourth-order valence-corrected chi connectivity index (χ4v) is 4.73. The zero-order valence-corrected chi connectivity index (χ0v) is 9.79. The second kappa shape index (κ2) is 3.77. The number of carbonyl (C=O) groups excluding carboxylic acids is 1. The van der Waals surface area contributed by atoms with Crippen molar-refractivity contribution in [3.8, 4) is 0 Å². The average molecular weight is 231 g/mol. The van der Waals surface area contributed by atoms with Crippen LogP contribution in [-0.4, -0.2) is 43.8 Å². The second-order valence-electron chi connectivity index (χ2n) is 4.56. The van der Waals surface area contributed by atoms with Crippen molar-refractivity contribution >= 4 is 15.7 Å². The van der Waals surface area contributed by atoms with Crippen LogP contribution in [0.5, 0.6) is 0 Å². The second-order valence-corrected chi connectivity index (χ2v) is 6.90. The predicted molar refractivity (Wildman–Crippen MR) is 57.2 cm³/mol. The Morgan fingerprint density at radius 3 is 2.67 bits per heavy atom. The molecular formula is C10H17NO3S. The van der Waals surface area contributed by atoms with E-state index in [-0.39, 0.29) is 17.6 Å². The van der Waals surface area contributed by atoms with Gasteiger partial charge in [0, 0.05) is 13.6 Å². The highest BCUT2D eigenvalue weighted by Crippen LogP contribution is 2.33. The van der Waals surface area contributed by atoms with Gasteiger partial charge >= 0.3 is 0 Å². The van der Waals surface area contributed by atoms with Crippen molar-refractivity contribution in [2.24, 2.45) is 5.92 Å². The van der Waals surface area contributed by atoms with Crippen LogP contribution in [0.1, 0.15) is 25.7 Å². The highest BCUT2D eigenvalue weighted by molar-refractivity contribution is 7.92. The Bertz CT molecular complexity index is 363. The molecule has 1 saturated heterocycles. The number of sulfone groups is 1. The van der Waals surface area contributed by atoms with Gasteiger partial charge in [-0.15, -0.1) is 0 Å². The van der Waals surface area contributed by atoms with E-state index in [4.69, 9.17) is 0 Å². The molecule has 5 heteroatoms. The standard InChI is InChI=1S/C10H17NO3S/c1-11-6-7-15(13,14)9-5-3-2-4-8(9)10(11)12/h8-9H,2-7H2,1H3/t8-,9+/m1/s1. The minimum absolute atomic E-state index is 0.0285. The quantitative estimate of drug-likeness (QED) is 0.607. The number of fused-ring (bicyclic) bond motifs is 1. The summed E-state index contributed by atoms with van der Waals surface area (Å²) in [5.41, 5.74) is 0. The number of rotatable bonds is 0. The zero-order valence-electron chi connectivity index (χ0n) is 8.98. The summed E-state index contributed by atoms with van der Waals surface area (Å²) in [5, 5.41) is -0.399. The van der Waals surface area contributed by atoms with Crippen LogP contribution in [0.25, 0.3) is 0 Å². The molecule has 0 N–H and O–H groups in total. The van der Waals surface area contributed by atoms with Gasteiger partial charge in [0.2, 0.25) is 5.91 Å². The summed E-state index contributed by atoms with van der Waals surface area (Å²) in [7, 11) is -1.35. The number of hydrogen-bond donors (Lipinski definition) is 0. The monoisotopic (exact) mass is 231 g/mol. The Hall–Kier alpha value is -0.580. The van der Waals surface area contributed by atoms with Crippen molar-refractivity contribution in [2.75, 3.05) is 19.3 Å². The first kappa shape index (κ1) is 10.9. The van der Waals surface area contributed by atoms with E-state index in [0.29, 0.717) is 13.0 Å². The highest BCUT2D eigenvalue weighted by atomic mass is 32.2. The van der Waals surface area contributed by atoms with E-state index in [1.165, 1.54) is 0 Å². The van der Waals surface area contributed by atoms with Gasteiger partial charge in [0.1, 0.15) is 0 Å². The molecule has 1 amide bonds. The van der Waals surface area contributed by atoms with Crippen LogP contribution in [0.15, 0.2) is 0 Å². The molecule has 15 heavy (non-hydrogen) atoms. The largest absolute Gasteiger partial charge is 0.344 e. The summed E-state index contributed by atoms with van der Waals surface area (Å²) in [6, 6.07) is 0. The summed E-state index contributed by atoms with van der Waals surface area (Å²) < 4.78 is 23.9. The highest BCUT2D eigenvalue weighted by Gasteiger charge is 2.42. The molecule has 0 aromatic heterocycles. The molecule has 2 atom stereocenters. The molecule has 1 aliphatic heterocycles. The molecule has 86 valence electrons. The summed E-state index contributed by atoms with van der Waals surface area (Å²) in [6.07, 6.45) is 3.34. The van der Waals surface area contributed by atoms with E-state index >= 15 is 0 Å². The SMILES string of the molecule is CN1CCS(=O)(=O)[C@H]2CCCC[C@H]2C1=O. The summed E-state index contributed by atoms with van der Waals surface area (Å²) in [6.45, 7) is 0.355. The lowest BCUT2D eigenvalue weighted by atomic mass is 9.88. The van der Waals surface area contributed by atoms with Crippen LogP contribution in [0.2, 0.25) is 0 Å². The van der Waals surface area contributed by atoms with Crippen molar-refractivity contribution in [3.05, 3.63) is 0 Å². The third kappa shape index (κ3) is 1.89. The van der Waals surface area contributed by atoms with Crippen molar-refractivity contribution in [1.82, 2.24) is 4.90 Å². The molecular weight excluding hydrogens is 214 g/mol. The lowest BCUT2D eigenvalue weighted by Crippen LogP contribution is -2.39. The van der Waals surface area contributed by atoms with Gasteiger partial charge in [-0.1, -0.05) is 12.8 Å². The van der Waals surface area contributed by atoms with Crippen LogP contribution in [0.3, 0.4) is 0 Å². The van der Waals surface area contributed by atoms with Crippen LogP contribution in [-0.2, 0) is 14.6 Å². The molecule has 2 rings (SSSR count). The Labute approximate surface area is 90.6 Å². The topological polar surface area (TPSA) is 54.5 Å². The van der Waals surface area contributed by atoms with Crippen molar-refractivity contribution in [2.45, 2.75) is 30.9 Å². The number of hydrogen-bond acceptors (Lipinski definition) is 3. The first-order valence-corrected chi connectivity index (χ1v) is 7.20. The third-order valence-corrected chi connectivity index (χ3v) is 5.81. The minimum Gasteiger partial charge on any atom is -0.344 e. The van der Waals surface area contributed by atoms with Gasteiger partial charge in [0.25, 0.3) is 0 Å². The van der Waals surface area contributed by atoms with Gasteiger partial charge in [0.15, 0.2) is 9.84 Å². The van der Waals surface area contributed by atoms with Crippen molar-refractivity contribution in [1.29, 1.82) is 0 Å². The molecule has 0 radical (unpaired) electrons. The molecule has 0 spiro atoms. The van der Waals surface area contributed by atoms with Crippen LogP contribution >= 0.6 is 0 Å². The minimum atomic E-state index is -3.05. The first-order chi connectivity index (χ1) is 7.02. The molecule has 0 bridgehead atoms. The van der Waals surface area contributed by atoms with Crippen LogP contribution in [0, 0.1) is 5.92 Å². The summed E-state index contributed by atoms with van der Waals surface area (Å²) in [5.74, 6) is -0.104. The molecule has 4 nitrogen and oxygen atoms in total. The molecule has 1 saturated carbocycles. The maximum Gasteiger partial charge on any atom is 0.226 e. The van der Waals surface area contributed by atoms with E-state index in [9.17, 15) is 13.2 Å². The molecule has 2 fully saturated rings. The molecule has 0 aromatic carbocycles. The van der Waals surface area contributed by atoms with E-state index in [1.807, 2.05) is 0 Å². The molecule has 0 unspecified atom stereocenters. The summed E-state index contributed by atoms with van der Waals surface area (Å²) in [4.78, 5) is 13.5. The fourth-order valence-electron chi connectivity index (χ4n) is 2.62. The number of carbonyl (C=O) groups is 1. The van der Waals surface area contributed by atoms with Crippen molar-refractivity contribution < 1.29 is 13.2 Å². The predicted octanol–water partition coefficient (Wildman–Crippen LogP) is 0.432. The maximum absolute atomic E-state index is 11.9. The van der Waals surface area contributed by atoms with Gasteiger partial charge in [-0.05, 0) is 12.8 Å². The molecule has 1 aliphatic carbocycles. The van der Waals surface area contributed by atoms with Gasteiger partial charge in [-0.2, -0.15) is 0 Å². The fraction of sp³-hybridized carbons (Fsp3) is 0.900. The van der Waals surface area contributed by atoms with Crippen LogP contribution in [0.4, 0.5) is 0 Å². The Kier molecular flexibility index (Phi) is 2.75. The smallest absolute Gasteiger partial charge is 0.226 e. The van der Waals surface area contributed by atoms with E-state index < -0.39 is 15.1 Å². The van der Waals surface area contributed by atoms with Gasteiger partial charge in [-0.3, -0.25) is 4.79 Å². The number of amides is 1.